The fraction of sp³-hybridized carbons (Fsp3) is 0.200. The highest BCUT2D eigenvalue weighted by atomic mass is 19.1. The maximum absolute atomic E-state index is 13.8. The molecule has 2 aromatic carbocycles. The van der Waals surface area contributed by atoms with Gasteiger partial charge in [0.05, 0.1) is 16.7 Å². The number of aromatic nitrogens is 2. The summed E-state index contributed by atoms with van der Waals surface area (Å²) in [5.41, 5.74) is -0.0454. The number of carbonyl (C=O) groups is 2. The minimum absolute atomic E-state index is 0.115. The van der Waals surface area contributed by atoms with Crippen molar-refractivity contribution in [3.8, 4) is 0 Å². The van der Waals surface area contributed by atoms with Gasteiger partial charge in [-0.05, 0) is 24.3 Å². The molecule has 0 atom stereocenters. The van der Waals surface area contributed by atoms with Crippen LogP contribution in [0.5, 0.6) is 0 Å². The third-order valence-corrected chi connectivity index (χ3v) is 4.34. The minimum Gasteiger partial charge on any atom is -0.322 e. The van der Waals surface area contributed by atoms with E-state index in [9.17, 15) is 23.2 Å². The fourth-order valence-corrected chi connectivity index (χ4v) is 2.83. The number of nitrogens with zero attached hydrogens (tertiary/aromatic N) is 3. The number of fused-ring (bicyclic) bond motifs is 1. The first-order valence-electron chi connectivity index (χ1n) is 8.83. The molecule has 0 aliphatic rings. The molecule has 29 heavy (non-hydrogen) atoms. The first-order chi connectivity index (χ1) is 13.8. The number of amides is 2. The van der Waals surface area contributed by atoms with Gasteiger partial charge < -0.3 is 5.32 Å². The van der Waals surface area contributed by atoms with Crippen molar-refractivity contribution in [3.05, 3.63) is 64.5 Å². The zero-order valence-electron chi connectivity index (χ0n) is 15.8. The Morgan fingerprint density at radius 2 is 1.90 bits per heavy atom. The molecule has 150 valence electrons. The third-order valence-electron chi connectivity index (χ3n) is 4.34. The Balaban J connectivity index is 2.01. The Kier molecular flexibility index (Phi) is 5.67. The summed E-state index contributed by atoms with van der Waals surface area (Å²) in [4.78, 5) is 42.8. The zero-order valence-corrected chi connectivity index (χ0v) is 15.8. The number of para-hydroxylation sites is 2. The van der Waals surface area contributed by atoms with E-state index in [1.807, 2.05) is 0 Å². The Labute approximate surface area is 164 Å². The van der Waals surface area contributed by atoms with E-state index in [2.05, 4.69) is 10.3 Å². The van der Waals surface area contributed by atoms with Gasteiger partial charge in [0.25, 0.3) is 5.56 Å². The highest BCUT2D eigenvalue weighted by molar-refractivity contribution is 5.94. The summed E-state index contributed by atoms with van der Waals surface area (Å²) >= 11 is 0. The smallest absolute Gasteiger partial charge is 0.294 e. The topological polar surface area (TPSA) is 84.3 Å². The highest BCUT2D eigenvalue weighted by Crippen LogP contribution is 2.17. The van der Waals surface area contributed by atoms with Gasteiger partial charge in [0.15, 0.2) is 0 Å². The maximum Gasteiger partial charge on any atom is 0.294 e. The van der Waals surface area contributed by atoms with E-state index >= 15 is 0 Å². The van der Waals surface area contributed by atoms with E-state index in [1.54, 1.807) is 31.2 Å². The molecule has 1 heterocycles. The quantitative estimate of drug-likeness (QED) is 0.714. The van der Waals surface area contributed by atoms with Gasteiger partial charge in [0, 0.05) is 19.5 Å². The second-order valence-corrected chi connectivity index (χ2v) is 6.29. The minimum atomic E-state index is -0.931. The summed E-state index contributed by atoms with van der Waals surface area (Å²) in [6, 6.07) is 9.40. The maximum atomic E-state index is 13.8. The molecule has 3 aromatic rings. The van der Waals surface area contributed by atoms with E-state index in [0.29, 0.717) is 17.1 Å². The van der Waals surface area contributed by atoms with Crippen LogP contribution in [0.1, 0.15) is 13.3 Å². The van der Waals surface area contributed by atoms with Crippen LogP contribution in [0, 0.1) is 11.6 Å². The predicted octanol–water partition coefficient (Wildman–Crippen LogP) is 2.69. The molecule has 7 nitrogen and oxygen atoms in total. The van der Waals surface area contributed by atoms with E-state index in [0.717, 1.165) is 21.6 Å². The lowest BCUT2D eigenvalue weighted by Crippen LogP contribution is -2.36. The van der Waals surface area contributed by atoms with Crippen LogP contribution in [0.2, 0.25) is 0 Å². The molecule has 0 saturated carbocycles. The first-order valence-corrected chi connectivity index (χ1v) is 8.83. The number of carbonyl (C=O) groups excluding carboxylic acids is 2. The van der Waals surface area contributed by atoms with Crippen LogP contribution in [-0.2, 0) is 16.1 Å². The van der Waals surface area contributed by atoms with Crippen LogP contribution < -0.4 is 15.8 Å². The van der Waals surface area contributed by atoms with Crippen molar-refractivity contribution in [3.63, 3.8) is 0 Å². The Morgan fingerprint density at radius 3 is 2.59 bits per heavy atom. The molecular weight excluding hydrogens is 382 g/mol. The van der Waals surface area contributed by atoms with Crippen molar-refractivity contribution >= 4 is 34.4 Å². The fourth-order valence-electron chi connectivity index (χ4n) is 2.83. The van der Waals surface area contributed by atoms with Crippen LogP contribution in [0.3, 0.4) is 0 Å². The summed E-state index contributed by atoms with van der Waals surface area (Å²) in [7, 11) is 1.43. The summed E-state index contributed by atoms with van der Waals surface area (Å²) < 4.78 is 28.0. The van der Waals surface area contributed by atoms with Gasteiger partial charge in [0.2, 0.25) is 17.6 Å². The Hall–Kier alpha value is -3.62. The van der Waals surface area contributed by atoms with E-state index in [4.69, 9.17) is 0 Å². The third kappa shape index (κ3) is 4.13. The zero-order chi connectivity index (χ0) is 21.1. The van der Waals surface area contributed by atoms with Gasteiger partial charge in [-0.15, -0.1) is 0 Å². The molecule has 0 bridgehead atoms. The second kappa shape index (κ2) is 8.17. The van der Waals surface area contributed by atoms with Crippen molar-refractivity contribution in [1.29, 1.82) is 0 Å². The van der Waals surface area contributed by atoms with Crippen LogP contribution in [-0.4, -0.2) is 28.4 Å². The highest BCUT2D eigenvalue weighted by Gasteiger charge is 2.20. The van der Waals surface area contributed by atoms with Crippen LogP contribution in [0.15, 0.2) is 47.3 Å². The normalized spacial score (nSPS) is 10.8. The van der Waals surface area contributed by atoms with Crippen molar-refractivity contribution in [2.75, 3.05) is 17.3 Å². The average Bonchev–Trinajstić information content (AvgIpc) is 2.70. The molecule has 0 aliphatic heterocycles. The van der Waals surface area contributed by atoms with Crippen molar-refractivity contribution < 1.29 is 18.4 Å². The van der Waals surface area contributed by atoms with Crippen LogP contribution >= 0.6 is 0 Å². The lowest BCUT2D eigenvalue weighted by atomic mass is 10.2. The van der Waals surface area contributed by atoms with Gasteiger partial charge in [-0.2, -0.15) is 0 Å². The molecule has 1 aromatic heterocycles. The van der Waals surface area contributed by atoms with Crippen LogP contribution in [0.4, 0.5) is 20.3 Å². The van der Waals surface area contributed by atoms with Gasteiger partial charge >= 0.3 is 0 Å². The van der Waals surface area contributed by atoms with Gasteiger partial charge in [-0.3, -0.25) is 23.9 Å². The molecular formula is C20H18F2N4O3. The van der Waals surface area contributed by atoms with Gasteiger partial charge in [-0.25, -0.2) is 13.8 Å². The number of rotatable bonds is 5. The number of benzene rings is 2. The predicted molar refractivity (Wildman–Crippen MR) is 105 cm³/mol. The molecule has 0 fully saturated rings. The van der Waals surface area contributed by atoms with Crippen molar-refractivity contribution in [2.24, 2.45) is 0 Å². The average molecular weight is 400 g/mol. The second-order valence-electron chi connectivity index (χ2n) is 6.29. The molecule has 1 N–H and O–H groups in total. The van der Waals surface area contributed by atoms with Gasteiger partial charge in [-0.1, -0.05) is 19.1 Å². The molecule has 0 unspecified atom stereocenters. The lowest BCUT2D eigenvalue weighted by molar-refractivity contribution is -0.118. The molecule has 3 rings (SSSR count). The summed E-state index contributed by atoms with van der Waals surface area (Å²) in [5, 5.41) is 2.32. The summed E-state index contributed by atoms with van der Waals surface area (Å²) in [5.74, 6) is -2.82. The van der Waals surface area contributed by atoms with Crippen molar-refractivity contribution in [1.82, 2.24) is 9.55 Å². The number of hydrogen-bond acceptors (Lipinski definition) is 4. The largest absolute Gasteiger partial charge is 0.322 e. The van der Waals surface area contributed by atoms with E-state index in [1.165, 1.54) is 7.05 Å². The SMILES string of the molecule is CCC(=O)N(C)c1nc2ccccc2n(CC(=O)Nc2ccc(F)cc2F)c1=O. The summed E-state index contributed by atoms with van der Waals surface area (Å²) in [6.45, 7) is 1.21. The van der Waals surface area contributed by atoms with E-state index in [-0.39, 0.29) is 23.8 Å². The monoisotopic (exact) mass is 400 g/mol. The Bertz CT molecular complexity index is 1160. The number of halogens is 2. The number of anilines is 2. The lowest BCUT2D eigenvalue weighted by Gasteiger charge is -2.18. The molecule has 2 amide bonds. The number of nitrogens with one attached hydrogen (secondary N) is 1. The Morgan fingerprint density at radius 1 is 1.17 bits per heavy atom. The molecule has 0 aliphatic carbocycles. The van der Waals surface area contributed by atoms with Gasteiger partial charge in [0.1, 0.15) is 18.2 Å². The molecule has 0 saturated heterocycles. The van der Waals surface area contributed by atoms with Crippen LogP contribution in [0.25, 0.3) is 11.0 Å². The standard InChI is InChI=1S/C20H18F2N4O3/c1-3-18(28)25(2)19-20(29)26(16-7-5-4-6-15(16)24-19)11-17(27)23-14-9-8-12(21)10-13(14)22/h4-10H,3,11H2,1-2H3,(H,23,27). The van der Waals surface area contributed by atoms with E-state index < -0.39 is 29.6 Å². The summed E-state index contributed by atoms with van der Waals surface area (Å²) in [6.07, 6.45) is 0.175. The first kappa shape index (κ1) is 20.1. The van der Waals surface area contributed by atoms with Crippen molar-refractivity contribution in [2.45, 2.75) is 19.9 Å². The molecule has 0 spiro atoms. The molecule has 0 radical (unpaired) electrons. The number of hydrogen-bond donors (Lipinski definition) is 1. The molecule has 9 heteroatoms.